The first-order valence-electron chi connectivity index (χ1n) is 7.09. The maximum atomic E-state index is 3.81. The minimum Gasteiger partial charge on any atom is -0.311 e. The Balaban J connectivity index is 1.48. The molecule has 1 aromatic carbocycles. The van der Waals surface area contributed by atoms with Crippen molar-refractivity contribution >= 4 is 0 Å². The summed E-state index contributed by atoms with van der Waals surface area (Å²) in [6, 6.07) is 10.7. The van der Waals surface area contributed by atoms with Crippen molar-refractivity contribution < 1.29 is 0 Å². The van der Waals surface area contributed by atoms with Crippen LogP contribution >= 0.6 is 0 Å². The molecule has 1 N–H and O–H groups in total. The third-order valence-corrected chi connectivity index (χ3v) is 4.55. The molecule has 2 aliphatic rings. The Labute approximate surface area is 105 Å². The van der Waals surface area contributed by atoms with Gasteiger partial charge in [-0.3, -0.25) is 0 Å². The van der Waals surface area contributed by atoms with Gasteiger partial charge in [-0.25, -0.2) is 0 Å². The van der Waals surface area contributed by atoms with Crippen LogP contribution in [0.25, 0.3) is 0 Å². The molecule has 92 valence electrons. The monoisotopic (exact) mass is 229 g/mol. The van der Waals surface area contributed by atoms with Crippen LogP contribution in [0, 0.1) is 12.8 Å². The highest BCUT2D eigenvalue weighted by atomic mass is 15.0. The van der Waals surface area contributed by atoms with Crippen LogP contribution in [0.5, 0.6) is 0 Å². The fraction of sp³-hybridized carbons (Fsp3) is 0.625. The number of hydrogen-bond donors (Lipinski definition) is 1. The van der Waals surface area contributed by atoms with Crippen molar-refractivity contribution in [3.63, 3.8) is 0 Å². The van der Waals surface area contributed by atoms with Gasteiger partial charge in [-0.05, 0) is 43.6 Å². The van der Waals surface area contributed by atoms with Gasteiger partial charge in [0.1, 0.15) is 0 Å². The van der Waals surface area contributed by atoms with Gasteiger partial charge in [-0.2, -0.15) is 0 Å². The summed E-state index contributed by atoms with van der Waals surface area (Å²) in [7, 11) is 0. The third-order valence-electron chi connectivity index (χ3n) is 4.55. The molecule has 0 heterocycles. The van der Waals surface area contributed by atoms with E-state index in [-0.39, 0.29) is 0 Å². The molecule has 2 unspecified atom stereocenters. The van der Waals surface area contributed by atoms with Crippen molar-refractivity contribution in [3.8, 4) is 0 Å². The number of rotatable bonds is 4. The van der Waals surface area contributed by atoms with E-state index in [9.17, 15) is 0 Å². The van der Waals surface area contributed by atoms with Crippen LogP contribution in [0.2, 0.25) is 0 Å². The molecule has 2 atom stereocenters. The second-order valence-corrected chi connectivity index (χ2v) is 5.96. The fourth-order valence-electron chi connectivity index (χ4n) is 3.16. The number of hydrogen-bond acceptors (Lipinski definition) is 1. The van der Waals surface area contributed by atoms with Crippen LogP contribution in [0.4, 0.5) is 0 Å². The Bertz CT molecular complexity index is 392. The lowest BCUT2D eigenvalue weighted by Crippen LogP contribution is -2.41. The maximum Gasteiger partial charge on any atom is 0.0102 e. The van der Waals surface area contributed by atoms with Gasteiger partial charge in [0.15, 0.2) is 0 Å². The summed E-state index contributed by atoms with van der Waals surface area (Å²) in [5.41, 5.74) is 2.94. The molecule has 0 bridgehead atoms. The maximum absolute atomic E-state index is 3.81. The van der Waals surface area contributed by atoms with E-state index in [0.717, 1.165) is 23.9 Å². The fourth-order valence-corrected chi connectivity index (χ4v) is 3.16. The SMILES string of the molecule is CCC1CC1NC1CC(c2cccc(C)c2)C1. The predicted octanol–water partition coefficient (Wildman–Crippen LogP) is 3.63. The van der Waals surface area contributed by atoms with Crippen LogP contribution in [0.1, 0.15) is 49.7 Å². The highest BCUT2D eigenvalue weighted by Crippen LogP contribution is 2.41. The second kappa shape index (κ2) is 4.45. The topological polar surface area (TPSA) is 12.0 Å². The van der Waals surface area contributed by atoms with E-state index in [2.05, 4.69) is 43.4 Å². The minimum atomic E-state index is 0.794. The molecule has 0 aliphatic heterocycles. The molecule has 1 nitrogen and oxygen atoms in total. The van der Waals surface area contributed by atoms with Gasteiger partial charge in [0, 0.05) is 12.1 Å². The Morgan fingerprint density at radius 3 is 2.71 bits per heavy atom. The van der Waals surface area contributed by atoms with Crippen LogP contribution in [0.3, 0.4) is 0 Å². The van der Waals surface area contributed by atoms with Crippen LogP contribution in [-0.2, 0) is 0 Å². The lowest BCUT2D eigenvalue weighted by molar-refractivity contribution is 0.284. The van der Waals surface area contributed by atoms with Crippen molar-refractivity contribution in [2.45, 2.75) is 57.5 Å². The molecular formula is C16H23N. The van der Waals surface area contributed by atoms with Crippen molar-refractivity contribution in [1.29, 1.82) is 0 Å². The molecule has 0 aromatic heterocycles. The van der Waals surface area contributed by atoms with E-state index >= 15 is 0 Å². The van der Waals surface area contributed by atoms with Gasteiger partial charge in [0.2, 0.25) is 0 Å². The van der Waals surface area contributed by atoms with E-state index in [1.165, 1.54) is 31.2 Å². The summed E-state index contributed by atoms with van der Waals surface area (Å²) in [5, 5.41) is 3.81. The van der Waals surface area contributed by atoms with Crippen LogP contribution < -0.4 is 5.32 Å². The minimum absolute atomic E-state index is 0.794. The van der Waals surface area contributed by atoms with E-state index in [4.69, 9.17) is 0 Å². The van der Waals surface area contributed by atoms with Crippen molar-refractivity contribution in [3.05, 3.63) is 35.4 Å². The quantitative estimate of drug-likeness (QED) is 0.831. The molecule has 2 saturated carbocycles. The number of aryl methyl sites for hydroxylation is 1. The highest BCUT2D eigenvalue weighted by Gasteiger charge is 2.40. The first-order valence-corrected chi connectivity index (χ1v) is 7.09. The molecular weight excluding hydrogens is 206 g/mol. The average Bonchev–Trinajstić information content (AvgIpc) is 3.01. The average molecular weight is 229 g/mol. The molecule has 0 amide bonds. The zero-order valence-corrected chi connectivity index (χ0v) is 10.9. The zero-order valence-electron chi connectivity index (χ0n) is 10.9. The smallest absolute Gasteiger partial charge is 0.0102 e. The summed E-state index contributed by atoms with van der Waals surface area (Å²) >= 11 is 0. The summed E-state index contributed by atoms with van der Waals surface area (Å²) in [5.74, 6) is 1.79. The first-order chi connectivity index (χ1) is 8.26. The summed E-state index contributed by atoms with van der Waals surface area (Å²) in [6.45, 7) is 4.50. The van der Waals surface area contributed by atoms with Gasteiger partial charge >= 0.3 is 0 Å². The lowest BCUT2D eigenvalue weighted by Gasteiger charge is -2.37. The molecule has 17 heavy (non-hydrogen) atoms. The first kappa shape index (κ1) is 11.3. The van der Waals surface area contributed by atoms with Gasteiger partial charge < -0.3 is 5.32 Å². The Morgan fingerprint density at radius 1 is 1.24 bits per heavy atom. The number of nitrogens with one attached hydrogen (secondary N) is 1. The van der Waals surface area contributed by atoms with Gasteiger partial charge in [-0.1, -0.05) is 43.2 Å². The van der Waals surface area contributed by atoms with Crippen molar-refractivity contribution in [1.82, 2.24) is 5.32 Å². The van der Waals surface area contributed by atoms with Gasteiger partial charge in [0.05, 0.1) is 0 Å². The van der Waals surface area contributed by atoms with Gasteiger partial charge in [-0.15, -0.1) is 0 Å². The van der Waals surface area contributed by atoms with Crippen molar-refractivity contribution in [2.24, 2.45) is 5.92 Å². The molecule has 0 spiro atoms. The summed E-state index contributed by atoms with van der Waals surface area (Å²) in [6.07, 6.45) is 5.46. The Kier molecular flexibility index (Phi) is 2.96. The van der Waals surface area contributed by atoms with Crippen LogP contribution in [-0.4, -0.2) is 12.1 Å². The largest absolute Gasteiger partial charge is 0.311 e. The van der Waals surface area contributed by atoms with E-state index in [1.807, 2.05) is 0 Å². The van der Waals surface area contributed by atoms with Crippen LogP contribution in [0.15, 0.2) is 24.3 Å². The normalized spacial score (nSPS) is 35.4. The summed E-state index contributed by atoms with van der Waals surface area (Å²) < 4.78 is 0. The zero-order chi connectivity index (χ0) is 11.8. The highest BCUT2D eigenvalue weighted by molar-refractivity contribution is 5.27. The molecule has 2 fully saturated rings. The van der Waals surface area contributed by atoms with E-state index in [1.54, 1.807) is 5.56 Å². The molecule has 0 saturated heterocycles. The standard InChI is InChI=1S/C16H23N/c1-3-12-10-16(12)17-15-8-14(9-15)13-6-4-5-11(2)7-13/h4-7,12,14-17H,3,8-10H2,1-2H3. The Morgan fingerprint density at radius 2 is 2.06 bits per heavy atom. The third kappa shape index (κ3) is 2.40. The molecule has 1 aromatic rings. The Hall–Kier alpha value is -0.820. The second-order valence-electron chi connectivity index (χ2n) is 5.96. The van der Waals surface area contributed by atoms with Crippen molar-refractivity contribution in [2.75, 3.05) is 0 Å². The van der Waals surface area contributed by atoms with E-state index < -0.39 is 0 Å². The predicted molar refractivity (Wildman–Crippen MR) is 72.3 cm³/mol. The van der Waals surface area contributed by atoms with Gasteiger partial charge in [0.25, 0.3) is 0 Å². The molecule has 2 aliphatic carbocycles. The molecule has 0 radical (unpaired) electrons. The van der Waals surface area contributed by atoms with E-state index in [0.29, 0.717) is 0 Å². The molecule has 3 rings (SSSR count). The number of benzene rings is 1. The summed E-state index contributed by atoms with van der Waals surface area (Å²) in [4.78, 5) is 0. The molecule has 1 heteroatoms. The lowest BCUT2D eigenvalue weighted by atomic mass is 9.75.